The number of aromatic hydroxyl groups is 1. The summed E-state index contributed by atoms with van der Waals surface area (Å²) < 4.78 is 28.1. The minimum absolute atomic E-state index is 0.125. The van der Waals surface area contributed by atoms with E-state index in [1.54, 1.807) is 38.6 Å². The third kappa shape index (κ3) is 3.41. The molecule has 1 N–H and O–H groups in total. The molecule has 2 aliphatic rings. The molecule has 1 aromatic heterocycles. The molecule has 3 aromatic rings. The second kappa shape index (κ2) is 7.78. The van der Waals surface area contributed by atoms with Crippen LogP contribution in [-0.4, -0.2) is 44.4 Å². The fourth-order valence-electron chi connectivity index (χ4n) is 4.50. The molecule has 8 heteroatoms. The predicted molar refractivity (Wildman–Crippen MR) is 112 cm³/mol. The summed E-state index contributed by atoms with van der Waals surface area (Å²) in [5.74, 6) is -1.68. The molecule has 0 bridgehead atoms. The van der Waals surface area contributed by atoms with Crippen molar-refractivity contribution >= 4 is 11.8 Å². The number of aromatic nitrogens is 1. The lowest BCUT2D eigenvalue weighted by atomic mass is 10.0. The Morgan fingerprint density at radius 3 is 1.84 bits per heavy atom. The number of carbonyl (C=O) groups is 2. The largest absolute Gasteiger partial charge is 0.505 e. The summed E-state index contributed by atoms with van der Waals surface area (Å²) in [5.41, 5.74) is 2.54. The van der Waals surface area contributed by atoms with Crippen LogP contribution >= 0.6 is 0 Å². The number of hydrogen-bond donors (Lipinski definition) is 1. The van der Waals surface area contributed by atoms with Crippen molar-refractivity contribution in [1.82, 2.24) is 14.4 Å². The first kappa shape index (κ1) is 20.2. The Bertz CT molecular complexity index is 1110. The summed E-state index contributed by atoms with van der Waals surface area (Å²) in [5, 5.41) is 10.9. The Morgan fingerprint density at radius 1 is 0.750 bits per heavy atom. The van der Waals surface area contributed by atoms with Crippen molar-refractivity contribution in [3.05, 3.63) is 88.2 Å². The van der Waals surface area contributed by atoms with Gasteiger partial charge in [0.2, 0.25) is 0 Å². The Morgan fingerprint density at radius 2 is 1.28 bits per heavy atom. The smallest absolute Gasteiger partial charge is 0.274 e. The molecule has 0 spiro atoms. The number of amides is 2. The zero-order valence-electron chi connectivity index (χ0n) is 17.2. The molecule has 0 aliphatic carbocycles. The molecule has 2 amide bonds. The van der Waals surface area contributed by atoms with Gasteiger partial charge >= 0.3 is 0 Å². The van der Waals surface area contributed by atoms with E-state index in [1.165, 1.54) is 24.3 Å². The summed E-state index contributed by atoms with van der Waals surface area (Å²) in [6.45, 7) is 1.93. The van der Waals surface area contributed by atoms with Crippen molar-refractivity contribution in [2.24, 2.45) is 0 Å². The number of rotatable bonds is 4. The molecule has 0 saturated carbocycles. The van der Waals surface area contributed by atoms with Gasteiger partial charge in [-0.05, 0) is 35.4 Å². The minimum atomic E-state index is -0.356. The van der Waals surface area contributed by atoms with E-state index in [9.17, 15) is 23.5 Å². The van der Waals surface area contributed by atoms with E-state index in [-0.39, 0.29) is 40.5 Å². The lowest BCUT2D eigenvalue weighted by Crippen LogP contribution is -2.41. The van der Waals surface area contributed by atoms with Gasteiger partial charge in [0, 0.05) is 44.8 Å². The maximum Gasteiger partial charge on any atom is 0.274 e. The monoisotopic (exact) mass is 437 g/mol. The molecule has 2 aliphatic heterocycles. The van der Waals surface area contributed by atoms with Crippen LogP contribution in [0.3, 0.4) is 0 Å². The Kier molecular flexibility index (Phi) is 4.92. The average Bonchev–Trinajstić information content (AvgIpc) is 3.08. The van der Waals surface area contributed by atoms with Crippen LogP contribution in [-0.2, 0) is 26.1 Å². The van der Waals surface area contributed by atoms with Gasteiger partial charge < -0.3 is 19.5 Å². The number of nitrogens with zero attached hydrogens (tertiary/aromatic N) is 3. The van der Waals surface area contributed by atoms with E-state index in [0.29, 0.717) is 44.8 Å². The number of carbonyl (C=O) groups excluding carboxylic acids is 2. The highest BCUT2D eigenvalue weighted by Crippen LogP contribution is 2.37. The number of benzene rings is 2. The summed E-state index contributed by atoms with van der Waals surface area (Å²) in [6.07, 6.45) is 0.515. The third-order valence-corrected chi connectivity index (χ3v) is 6.12. The minimum Gasteiger partial charge on any atom is -0.505 e. The van der Waals surface area contributed by atoms with Gasteiger partial charge in [0.05, 0.1) is 0 Å². The second-order valence-corrected chi connectivity index (χ2v) is 8.13. The highest BCUT2D eigenvalue weighted by molar-refractivity contribution is 6.05. The highest BCUT2D eigenvalue weighted by atomic mass is 19.1. The molecule has 164 valence electrons. The molecule has 5 rings (SSSR count). The van der Waals surface area contributed by atoms with Crippen molar-refractivity contribution in [3.8, 4) is 5.75 Å². The van der Waals surface area contributed by atoms with Gasteiger partial charge in [-0.15, -0.1) is 0 Å². The molecule has 0 fully saturated rings. The van der Waals surface area contributed by atoms with Crippen LogP contribution in [0.25, 0.3) is 0 Å². The van der Waals surface area contributed by atoms with Crippen LogP contribution in [0.5, 0.6) is 5.75 Å². The average molecular weight is 437 g/mol. The maximum atomic E-state index is 13.2. The fraction of sp³-hybridized carbons (Fsp3) is 0.250. The van der Waals surface area contributed by atoms with Gasteiger partial charge in [-0.1, -0.05) is 24.3 Å². The van der Waals surface area contributed by atoms with Gasteiger partial charge in [0.15, 0.2) is 11.4 Å². The van der Waals surface area contributed by atoms with Crippen molar-refractivity contribution in [2.75, 3.05) is 13.1 Å². The van der Waals surface area contributed by atoms with Gasteiger partial charge in [0.25, 0.3) is 11.8 Å². The zero-order valence-corrected chi connectivity index (χ0v) is 17.2. The molecule has 0 atom stereocenters. The van der Waals surface area contributed by atoms with E-state index in [4.69, 9.17) is 0 Å². The van der Waals surface area contributed by atoms with E-state index >= 15 is 0 Å². The van der Waals surface area contributed by atoms with Crippen molar-refractivity contribution in [3.63, 3.8) is 0 Å². The van der Waals surface area contributed by atoms with Gasteiger partial charge in [0.1, 0.15) is 17.2 Å². The van der Waals surface area contributed by atoms with Crippen LogP contribution < -0.4 is 0 Å². The third-order valence-electron chi connectivity index (χ3n) is 6.12. The van der Waals surface area contributed by atoms with Crippen molar-refractivity contribution in [1.29, 1.82) is 0 Å². The standard InChI is InChI=1S/C24H21F2N3O3/c25-17-5-1-15(2-6-17)13-27-10-9-19-20(23(27)31)22(30)21-24(32)28(11-12-29(19)21)14-16-3-7-18(26)8-4-16/h1-8,30H,9-14H2. The number of fused-ring (bicyclic) bond motifs is 3. The van der Waals surface area contributed by atoms with Crippen LogP contribution in [0.1, 0.15) is 37.7 Å². The zero-order chi connectivity index (χ0) is 22.4. The molecule has 2 aromatic carbocycles. The summed E-state index contributed by atoms with van der Waals surface area (Å²) in [4.78, 5) is 29.5. The number of hydrogen-bond acceptors (Lipinski definition) is 3. The second-order valence-electron chi connectivity index (χ2n) is 8.13. The molecule has 32 heavy (non-hydrogen) atoms. The van der Waals surface area contributed by atoms with E-state index in [0.717, 1.165) is 11.1 Å². The first-order chi connectivity index (χ1) is 15.4. The molecule has 0 unspecified atom stereocenters. The normalized spacial score (nSPS) is 15.7. The fourth-order valence-corrected chi connectivity index (χ4v) is 4.50. The maximum absolute atomic E-state index is 13.2. The van der Waals surface area contributed by atoms with Crippen LogP contribution in [0.2, 0.25) is 0 Å². The molecule has 6 nitrogen and oxygen atoms in total. The van der Waals surface area contributed by atoms with Crippen molar-refractivity contribution < 1.29 is 23.5 Å². The van der Waals surface area contributed by atoms with E-state index in [1.807, 2.05) is 0 Å². The van der Waals surface area contributed by atoms with Crippen LogP contribution in [0.4, 0.5) is 8.78 Å². The quantitative estimate of drug-likeness (QED) is 0.681. The lowest BCUT2D eigenvalue weighted by molar-refractivity contribution is 0.0680. The summed E-state index contributed by atoms with van der Waals surface area (Å²) in [6, 6.07) is 11.9. The number of halogens is 2. The van der Waals surface area contributed by atoms with E-state index < -0.39 is 0 Å². The Balaban J connectivity index is 1.41. The lowest BCUT2D eigenvalue weighted by Gasteiger charge is -2.31. The molecular formula is C24H21F2N3O3. The van der Waals surface area contributed by atoms with E-state index in [2.05, 4.69) is 0 Å². The molecule has 0 saturated heterocycles. The predicted octanol–water partition coefficient (Wildman–Crippen LogP) is 3.33. The Hall–Kier alpha value is -3.68. The first-order valence-corrected chi connectivity index (χ1v) is 10.4. The molecule has 3 heterocycles. The SMILES string of the molecule is O=C1c2c(O)c3n(c2CCN1Cc1ccc(F)cc1)CCN(Cc1ccc(F)cc1)C3=O. The van der Waals surface area contributed by atoms with Crippen LogP contribution in [0.15, 0.2) is 48.5 Å². The van der Waals surface area contributed by atoms with Crippen molar-refractivity contribution in [2.45, 2.75) is 26.1 Å². The van der Waals surface area contributed by atoms with Crippen LogP contribution in [0, 0.1) is 11.6 Å². The molecule has 0 radical (unpaired) electrons. The highest BCUT2D eigenvalue weighted by Gasteiger charge is 2.39. The van der Waals surface area contributed by atoms with Gasteiger partial charge in [-0.2, -0.15) is 0 Å². The van der Waals surface area contributed by atoms with Gasteiger partial charge in [-0.25, -0.2) is 8.78 Å². The molecular weight excluding hydrogens is 416 g/mol. The summed E-state index contributed by atoms with van der Waals surface area (Å²) >= 11 is 0. The summed E-state index contributed by atoms with van der Waals surface area (Å²) in [7, 11) is 0. The van der Waals surface area contributed by atoms with Gasteiger partial charge in [-0.3, -0.25) is 9.59 Å². The first-order valence-electron chi connectivity index (χ1n) is 10.4. The topological polar surface area (TPSA) is 65.8 Å². The Labute approximate surface area is 183 Å².